The molecule has 0 unspecified atom stereocenters. The molecule has 1 aromatic rings. The van der Waals surface area contributed by atoms with Crippen LogP contribution in [-0.2, 0) is 4.79 Å². The zero-order valence-corrected chi connectivity index (χ0v) is 10.3. The molecule has 0 atom stereocenters. The van der Waals surface area contributed by atoms with E-state index in [1.807, 2.05) is 20.8 Å². The minimum atomic E-state index is -0.628. The molecule has 1 rings (SSSR count). The van der Waals surface area contributed by atoms with E-state index in [4.69, 9.17) is 10.5 Å². The number of benzene rings is 1. The Morgan fingerprint density at radius 1 is 1.29 bits per heavy atom. The fourth-order valence-corrected chi connectivity index (χ4v) is 1.35. The summed E-state index contributed by atoms with van der Waals surface area (Å²) in [5.74, 6) is -0.318. The number of carbonyl (C=O) groups is 2. The Morgan fingerprint density at radius 3 is 2.47 bits per heavy atom. The minimum Gasteiger partial charge on any atom is -0.488 e. The van der Waals surface area contributed by atoms with Gasteiger partial charge in [-0.3, -0.25) is 9.59 Å². The average Bonchev–Trinajstić information content (AvgIpc) is 2.14. The monoisotopic (exact) mass is 235 g/mol. The predicted molar refractivity (Wildman–Crippen MR) is 65.0 cm³/mol. The van der Waals surface area contributed by atoms with Gasteiger partial charge < -0.3 is 10.5 Å². The maximum absolute atomic E-state index is 11.6. The molecule has 0 heterocycles. The van der Waals surface area contributed by atoms with Crippen molar-refractivity contribution < 1.29 is 14.3 Å². The molecule has 0 aliphatic carbocycles. The summed E-state index contributed by atoms with van der Waals surface area (Å²) in [5, 5.41) is 0. The second-order valence-corrected chi connectivity index (χ2v) is 4.81. The summed E-state index contributed by atoms with van der Waals surface area (Å²) in [5.41, 5.74) is 5.09. The van der Waals surface area contributed by atoms with Crippen molar-refractivity contribution in [2.24, 2.45) is 5.73 Å². The number of hydrogen-bond donors (Lipinski definition) is 1. The smallest absolute Gasteiger partial charge is 0.225 e. The zero-order valence-electron chi connectivity index (χ0n) is 10.3. The summed E-state index contributed by atoms with van der Waals surface area (Å²) in [6.07, 6.45) is -0.279. The van der Waals surface area contributed by atoms with Crippen LogP contribution in [0.2, 0.25) is 0 Å². The van der Waals surface area contributed by atoms with Gasteiger partial charge in [0.25, 0.3) is 0 Å². The van der Waals surface area contributed by atoms with Gasteiger partial charge >= 0.3 is 0 Å². The Balaban J connectivity index is 2.86. The van der Waals surface area contributed by atoms with E-state index in [-0.39, 0.29) is 17.8 Å². The second kappa shape index (κ2) is 4.99. The Morgan fingerprint density at radius 2 is 1.94 bits per heavy atom. The summed E-state index contributed by atoms with van der Waals surface area (Å²) in [6.45, 7) is 5.76. The molecule has 2 N–H and O–H groups in total. The number of rotatable bonds is 4. The highest BCUT2D eigenvalue weighted by Crippen LogP contribution is 2.19. The lowest BCUT2D eigenvalue weighted by atomic mass is 10.1. The van der Waals surface area contributed by atoms with Crippen LogP contribution < -0.4 is 10.5 Å². The third-order valence-corrected chi connectivity index (χ3v) is 1.91. The number of primary amides is 1. The van der Waals surface area contributed by atoms with Crippen LogP contribution in [0.5, 0.6) is 5.75 Å². The number of Topliss-reactive ketones (excluding diaryl/α,β-unsaturated/α-hetero) is 1. The van der Waals surface area contributed by atoms with Crippen LogP contribution in [0.3, 0.4) is 0 Å². The molecule has 92 valence electrons. The summed E-state index contributed by atoms with van der Waals surface area (Å²) in [7, 11) is 0. The first kappa shape index (κ1) is 13.2. The van der Waals surface area contributed by atoms with Crippen molar-refractivity contribution in [1.29, 1.82) is 0 Å². The average molecular weight is 235 g/mol. The van der Waals surface area contributed by atoms with Crippen LogP contribution in [0.25, 0.3) is 0 Å². The third-order valence-electron chi connectivity index (χ3n) is 1.91. The number of hydrogen-bond acceptors (Lipinski definition) is 3. The summed E-state index contributed by atoms with van der Waals surface area (Å²) in [6, 6.07) is 6.75. The maximum Gasteiger partial charge on any atom is 0.225 e. The molecule has 0 bridgehead atoms. The number of carbonyl (C=O) groups excluding carboxylic acids is 2. The van der Waals surface area contributed by atoms with E-state index in [0.29, 0.717) is 11.3 Å². The van der Waals surface area contributed by atoms with Crippen LogP contribution in [0.4, 0.5) is 0 Å². The highest BCUT2D eigenvalue weighted by molar-refractivity contribution is 6.07. The minimum absolute atomic E-state index is 0.279. The van der Waals surface area contributed by atoms with Crippen LogP contribution in [0.15, 0.2) is 24.3 Å². The Kier molecular flexibility index (Phi) is 3.89. The lowest BCUT2D eigenvalue weighted by Crippen LogP contribution is -2.23. The molecule has 0 saturated carbocycles. The van der Waals surface area contributed by atoms with Crippen LogP contribution in [-0.4, -0.2) is 17.3 Å². The summed E-state index contributed by atoms with van der Waals surface area (Å²) < 4.78 is 5.63. The van der Waals surface area contributed by atoms with Gasteiger partial charge in [-0.2, -0.15) is 0 Å². The molecule has 1 aromatic carbocycles. The second-order valence-electron chi connectivity index (χ2n) is 4.81. The van der Waals surface area contributed by atoms with Crippen molar-refractivity contribution >= 4 is 11.7 Å². The van der Waals surface area contributed by atoms with Crippen LogP contribution in [0, 0.1) is 0 Å². The maximum atomic E-state index is 11.6. The standard InChI is InChI=1S/C13H17NO3/c1-13(2,3)17-10-6-4-5-9(7-10)11(15)8-12(14)16/h4-7H,8H2,1-3H3,(H2,14,16). The lowest BCUT2D eigenvalue weighted by Gasteiger charge is -2.21. The first-order valence-corrected chi connectivity index (χ1v) is 5.38. The van der Waals surface area contributed by atoms with Crippen LogP contribution in [0.1, 0.15) is 37.6 Å². The number of nitrogens with two attached hydrogens (primary N) is 1. The van der Waals surface area contributed by atoms with Gasteiger partial charge in [-0.1, -0.05) is 12.1 Å². The van der Waals surface area contributed by atoms with Crippen molar-refractivity contribution in [3.05, 3.63) is 29.8 Å². The van der Waals surface area contributed by atoms with Crippen molar-refractivity contribution in [2.75, 3.05) is 0 Å². The highest BCUT2D eigenvalue weighted by atomic mass is 16.5. The van der Waals surface area contributed by atoms with E-state index in [0.717, 1.165) is 0 Å². The molecule has 0 saturated heterocycles. The fourth-order valence-electron chi connectivity index (χ4n) is 1.35. The summed E-state index contributed by atoms with van der Waals surface area (Å²) >= 11 is 0. The first-order chi connectivity index (χ1) is 7.78. The van der Waals surface area contributed by atoms with Gasteiger partial charge in [-0.15, -0.1) is 0 Å². The molecule has 4 nitrogen and oxygen atoms in total. The quantitative estimate of drug-likeness (QED) is 0.640. The van der Waals surface area contributed by atoms with Crippen LogP contribution >= 0.6 is 0 Å². The van der Waals surface area contributed by atoms with Gasteiger partial charge in [0.05, 0.1) is 6.42 Å². The normalized spacial score (nSPS) is 11.0. The van der Waals surface area contributed by atoms with Gasteiger partial charge in [0.15, 0.2) is 5.78 Å². The third kappa shape index (κ3) is 4.68. The Bertz CT molecular complexity index is 433. The molecule has 0 radical (unpaired) electrons. The number of ether oxygens (including phenoxy) is 1. The molecule has 0 aliphatic rings. The molecule has 0 spiro atoms. The zero-order chi connectivity index (χ0) is 13.1. The largest absolute Gasteiger partial charge is 0.488 e. The van der Waals surface area contributed by atoms with E-state index < -0.39 is 5.91 Å². The van der Waals surface area contributed by atoms with E-state index in [1.54, 1.807) is 24.3 Å². The van der Waals surface area contributed by atoms with Crippen molar-refractivity contribution in [3.63, 3.8) is 0 Å². The molecule has 0 fully saturated rings. The summed E-state index contributed by atoms with van der Waals surface area (Å²) in [4.78, 5) is 22.3. The van der Waals surface area contributed by atoms with Crippen molar-refractivity contribution in [1.82, 2.24) is 0 Å². The predicted octanol–water partition coefficient (Wildman–Crippen LogP) is 1.92. The van der Waals surface area contributed by atoms with Gasteiger partial charge in [0, 0.05) is 5.56 Å². The molecule has 4 heteroatoms. The Hall–Kier alpha value is -1.84. The van der Waals surface area contributed by atoms with Crippen molar-refractivity contribution in [3.8, 4) is 5.75 Å². The van der Waals surface area contributed by atoms with Gasteiger partial charge in [0.1, 0.15) is 11.4 Å². The number of amides is 1. The first-order valence-electron chi connectivity index (χ1n) is 5.38. The molecular formula is C13H17NO3. The van der Waals surface area contributed by atoms with E-state index in [9.17, 15) is 9.59 Å². The molecule has 0 aliphatic heterocycles. The molecule has 17 heavy (non-hydrogen) atoms. The molecule has 1 amide bonds. The number of ketones is 1. The molecule has 0 aromatic heterocycles. The van der Waals surface area contributed by atoms with Gasteiger partial charge in [0.2, 0.25) is 5.91 Å². The van der Waals surface area contributed by atoms with E-state index in [2.05, 4.69) is 0 Å². The van der Waals surface area contributed by atoms with Crippen molar-refractivity contribution in [2.45, 2.75) is 32.8 Å². The van der Waals surface area contributed by atoms with Gasteiger partial charge in [-0.25, -0.2) is 0 Å². The SMILES string of the molecule is CC(C)(C)Oc1cccc(C(=O)CC(N)=O)c1. The Labute approximate surface area is 101 Å². The highest BCUT2D eigenvalue weighted by Gasteiger charge is 2.14. The van der Waals surface area contributed by atoms with E-state index >= 15 is 0 Å². The van der Waals surface area contributed by atoms with E-state index in [1.165, 1.54) is 0 Å². The lowest BCUT2D eigenvalue weighted by molar-refractivity contribution is -0.117. The fraction of sp³-hybridized carbons (Fsp3) is 0.385. The van der Waals surface area contributed by atoms with Gasteiger partial charge in [-0.05, 0) is 32.9 Å². The topological polar surface area (TPSA) is 69.4 Å². The molecular weight excluding hydrogens is 218 g/mol.